The van der Waals surface area contributed by atoms with Crippen molar-refractivity contribution < 1.29 is 13.2 Å². The molecule has 2 aromatic rings. The first-order chi connectivity index (χ1) is 11.8. The summed E-state index contributed by atoms with van der Waals surface area (Å²) in [5.41, 5.74) is 2.20. The summed E-state index contributed by atoms with van der Waals surface area (Å²) in [5, 5.41) is 2.84. The Morgan fingerprint density at radius 3 is 2.16 bits per heavy atom. The third kappa shape index (κ3) is 5.14. The van der Waals surface area contributed by atoms with Crippen LogP contribution in [0.3, 0.4) is 0 Å². The van der Waals surface area contributed by atoms with Crippen molar-refractivity contribution in [1.29, 1.82) is 0 Å². The van der Waals surface area contributed by atoms with E-state index in [0.29, 0.717) is 0 Å². The van der Waals surface area contributed by atoms with Gasteiger partial charge < -0.3 is 5.32 Å². The molecule has 0 aliphatic carbocycles. The van der Waals surface area contributed by atoms with E-state index in [1.165, 1.54) is 24.6 Å². The SMILES string of the molecule is CCc1ccc(C(C)NC(=O)C(C)NS(=O)(=O)c2ccccc2)cc1. The van der Waals surface area contributed by atoms with Gasteiger partial charge in [0.25, 0.3) is 0 Å². The number of carbonyl (C=O) groups is 1. The predicted molar refractivity (Wildman–Crippen MR) is 98.6 cm³/mol. The van der Waals surface area contributed by atoms with Gasteiger partial charge in [-0.2, -0.15) is 4.72 Å². The lowest BCUT2D eigenvalue weighted by Gasteiger charge is -2.19. The molecule has 25 heavy (non-hydrogen) atoms. The molecule has 0 aliphatic rings. The lowest BCUT2D eigenvalue weighted by atomic mass is 10.0. The number of nitrogens with one attached hydrogen (secondary N) is 2. The topological polar surface area (TPSA) is 75.3 Å². The molecule has 0 saturated heterocycles. The third-order valence-corrected chi connectivity index (χ3v) is 5.58. The summed E-state index contributed by atoms with van der Waals surface area (Å²) in [7, 11) is -3.72. The summed E-state index contributed by atoms with van der Waals surface area (Å²) in [6.07, 6.45) is 0.958. The summed E-state index contributed by atoms with van der Waals surface area (Å²) in [5.74, 6) is -0.369. The first-order valence-electron chi connectivity index (χ1n) is 8.30. The van der Waals surface area contributed by atoms with Crippen molar-refractivity contribution >= 4 is 15.9 Å². The van der Waals surface area contributed by atoms with Crippen LogP contribution in [0.15, 0.2) is 59.5 Å². The van der Waals surface area contributed by atoms with Crippen molar-refractivity contribution in [3.8, 4) is 0 Å². The van der Waals surface area contributed by atoms with Crippen molar-refractivity contribution in [2.24, 2.45) is 0 Å². The molecule has 2 rings (SSSR count). The fraction of sp³-hybridized carbons (Fsp3) is 0.316. The number of benzene rings is 2. The number of sulfonamides is 1. The second kappa shape index (κ2) is 8.27. The van der Waals surface area contributed by atoms with Crippen LogP contribution in [-0.2, 0) is 21.2 Å². The van der Waals surface area contributed by atoms with Gasteiger partial charge in [-0.15, -0.1) is 0 Å². The quantitative estimate of drug-likeness (QED) is 0.797. The Bertz CT molecular complexity index is 802. The molecule has 2 N–H and O–H groups in total. The second-order valence-corrected chi connectivity index (χ2v) is 7.70. The van der Waals surface area contributed by atoms with Crippen LogP contribution in [0, 0.1) is 0 Å². The molecule has 1 amide bonds. The molecule has 0 fully saturated rings. The maximum Gasteiger partial charge on any atom is 0.241 e. The maximum atomic E-state index is 12.3. The number of hydrogen-bond donors (Lipinski definition) is 2. The molecule has 0 spiro atoms. The lowest BCUT2D eigenvalue weighted by molar-refractivity contribution is -0.123. The van der Waals surface area contributed by atoms with E-state index in [4.69, 9.17) is 0 Å². The van der Waals surface area contributed by atoms with Crippen LogP contribution in [0.4, 0.5) is 0 Å². The molecule has 0 saturated carbocycles. The van der Waals surface area contributed by atoms with E-state index in [1.807, 2.05) is 31.2 Å². The van der Waals surface area contributed by atoms with E-state index in [9.17, 15) is 13.2 Å². The monoisotopic (exact) mass is 360 g/mol. The Hall–Kier alpha value is -2.18. The average molecular weight is 360 g/mol. The summed E-state index contributed by atoms with van der Waals surface area (Å²) in [6.45, 7) is 5.49. The zero-order chi connectivity index (χ0) is 18.4. The molecular weight excluding hydrogens is 336 g/mol. The molecule has 134 valence electrons. The van der Waals surface area contributed by atoms with Crippen LogP contribution in [0.5, 0.6) is 0 Å². The largest absolute Gasteiger partial charge is 0.348 e. The standard InChI is InChI=1S/C19H24N2O3S/c1-4-16-10-12-17(13-11-16)14(2)20-19(22)15(3)21-25(23,24)18-8-6-5-7-9-18/h5-15,21H,4H2,1-3H3,(H,20,22). The Morgan fingerprint density at radius 1 is 1.00 bits per heavy atom. The van der Waals surface area contributed by atoms with Crippen molar-refractivity contribution in [3.05, 3.63) is 65.7 Å². The van der Waals surface area contributed by atoms with Crippen molar-refractivity contribution in [2.75, 3.05) is 0 Å². The molecule has 0 aliphatic heterocycles. The number of amides is 1. The smallest absolute Gasteiger partial charge is 0.241 e. The van der Waals surface area contributed by atoms with Gasteiger partial charge in [0, 0.05) is 0 Å². The number of rotatable bonds is 7. The Morgan fingerprint density at radius 2 is 1.60 bits per heavy atom. The van der Waals surface area contributed by atoms with Crippen molar-refractivity contribution in [3.63, 3.8) is 0 Å². The zero-order valence-electron chi connectivity index (χ0n) is 14.7. The maximum absolute atomic E-state index is 12.3. The number of carbonyl (C=O) groups excluding carboxylic acids is 1. The number of hydrogen-bond acceptors (Lipinski definition) is 3. The van der Waals surface area contributed by atoms with Crippen LogP contribution in [0.2, 0.25) is 0 Å². The first-order valence-corrected chi connectivity index (χ1v) is 9.78. The van der Waals surface area contributed by atoms with Crippen molar-refractivity contribution in [1.82, 2.24) is 10.0 Å². The highest BCUT2D eigenvalue weighted by Crippen LogP contribution is 2.14. The van der Waals surface area contributed by atoms with Crippen LogP contribution in [0.1, 0.15) is 37.9 Å². The minimum Gasteiger partial charge on any atom is -0.348 e. The zero-order valence-corrected chi connectivity index (χ0v) is 15.5. The Labute approximate surface area is 149 Å². The van der Waals surface area contributed by atoms with Crippen molar-refractivity contribution in [2.45, 2.75) is 44.2 Å². The van der Waals surface area contributed by atoms with Gasteiger partial charge in [-0.1, -0.05) is 49.4 Å². The normalized spacial score (nSPS) is 13.9. The Kier molecular flexibility index (Phi) is 6.33. The molecule has 2 unspecified atom stereocenters. The highest BCUT2D eigenvalue weighted by molar-refractivity contribution is 7.89. The van der Waals surface area contributed by atoms with Crippen LogP contribution in [0.25, 0.3) is 0 Å². The van der Waals surface area contributed by atoms with E-state index in [1.54, 1.807) is 18.2 Å². The lowest BCUT2D eigenvalue weighted by Crippen LogP contribution is -2.45. The summed E-state index contributed by atoms with van der Waals surface area (Å²) in [6, 6.07) is 14.9. The summed E-state index contributed by atoms with van der Waals surface area (Å²) < 4.78 is 27.0. The van der Waals surface area contributed by atoms with Crippen LogP contribution in [-0.4, -0.2) is 20.4 Å². The highest BCUT2D eigenvalue weighted by atomic mass is 32.2. The van der Waals surface area contributed by atoms with E-state index >= 15 is 0 Å². The Balaban J connectivity index is 1.99. The van der Waals surface area contributed by atoms with Gasteiger partial charge in [0.2, 0.25) is 15.9 Å². The molecule has 2 atom stereocenters. The molecule has 5 nitrogen and oxygen atoms in total. The van der Waals surface area contributed by atoms with Gasteiger partial charge in [-0.3, -0.25) is 4.79 Å². The van der Waals surface area contributed by atoms with Crippen LogP contribution >= 0.6 is 0 Å². The average Bonchev–Trinajstić information content (AvgIpc) is 2.62. The van der Waals surface area contributed by atoms with E-state index in [0.717, 1.165) is 12.0 Å². The van der Waals surface area contributed by atoms with Gasteiger partial charge >= 0.3 is 0 Å². The van der Waals surface area contributed by atoms with Gasteiger partial charge in [0.15, 0.2) is 0 Å². The predicted octanol–water partition coefficient (Wildman–Crippen LogP) is 2.79. The summed E-state index contributed by atoms with van der Waals surface area (Å²) in [4.78, 5) is 12.5. The van der Waals surface area contributed by atoms with Gasteiger partial charge in [0.1, 0.15) is 0 Å². The van der Waals surface area contributed by atoms with Crippen LogP contribution < -0.4 is 10.0 Å². The fourth-order valence-electron chi connectivity index (χ4n) is 2.42. The molecule has 2 aromatic carbocycles. The third-order valence-electron chi connectivity index (χ3n) is 4.03. The van der Waals surface area contributed by atoms with E-state index in [-0.39, 0.29) is 16.8 Å². The van der Waals surface area contributed by atoms with E-state index in [2.05, 4.69) is 17.0 Å². The molecular formula is C19H24N2O3S. The number of aryl methyl sites for hydroxylation is 1. The minimum atomic E-state index is -3.72. The molecule has 0 heterocycles. The molecule has 6 heteroatoms. The fourth-order valence-corrected chi connectivity index (χ4v) is 3.64. The summed E-state index contributed by atoms with van der Waals surface area (Å²) >= 11 is 0. The second-order valence-electron chi connectivity index (χ2n) is 5.98. The van der Waals surface area contributed by atoms with Gasteiger partial charge in [-0.05, 0) is 43.5 Å². The molecule has 0 radical (unpaired) electrons. The van der Waals surface area contributed by atoms with E-state index < -0.39 is 16.1 Å². The van der Waals surface area contributed by atoms with Gasteiger partial charge in [-0.25, -0.2) is 8.42 Å². The first kappa shape index (κ1) is 19.1. The minimum absolute atomic E-state index is 0.137. The van der Waals surface area contributed by atoms with Gasteiger partial charge in [0.05, 0.1) is 17.0 Å². The molecule has 0 aromatic heterocycles. The molecule has 0 bridgehead atoms. The highest BCUT2D eigenvalue weighted by Gasteiger charge is 2.23.